The minimum absolute atomic E-state index is 0.0764. The second kappa shape index (κ2) is 9.83. The Kier molecular flexibility index (Phi) is 9.36. The van der Waals surface area contributed by atoms with E-state index < -0.39 is 0 Å². The standard InChI is InChI=1S/C6H6O2.C3H8BBrO2/c7-5-3-1-2-4-6(5)8;5-2-1-3-7-4-6/h1-4,7-8H;4,6H,1-3H2. The molecule has 0 heterocycles. The van der Waals surface area contributed by atoms with E-state index in [0.717, 1.165) is 11.8 Å². The van der Waals surface area contributed by atoms with Gasteiger partial charge in [-0.15, -0.1) is 0 Å². The molecular formula is C9H14BBrO4. The zero-order chi connectivity index (χ0) is 11.5. The average molecular weight is 277 g/mol. The van der Waals surface area contributed by atoms with Gasteiger partial charge in [0.25, 0.3) is 0 Å². The predicted octanol–water partition coefficient (Wildman–Crippen LogP) is 1.14. The van der Waals surface area contributed by atoms with Crippen molar-refractivity contribution in [3.05, 3.63) is 24.3 Å². The van der Waals surface area contributed by atoms with Crippen molar-refractivity contribution in [1.82, 2.24) is 0 Å². The molecular weight excluding hydrogens is 263 g/mol. The summed E-state index contributed by atoms with van der Waals surface area (Å²) < 4.78 is 4.60. The van der Waals surface area contributed by atoms with Gasteiger partial charge < -0.3 is 19.9 Å². The Morgan fingerprint density at radius 2 is 1.73 bits per heavy atom. The first-order valence-corrected chi connectivity index (χ1v) is 5.56. The largest absolute Gasteiger partial charge is 0.504 e. The van der Waals surface area contributed by atoms with Crippen LogP contribution in [0.3, 0.4) is 0 Å². The van der Waals surface area contributed by atoms with E-state index in [1.165, 1.54) is 12.1 Å². The highest BCUT2D eigenvalue weighted by atomic mass is 79.9. The van der Waals surface area contributed by atoms with Gasteiger partial charge in [-0.05, 0) is 18.6 Å². The number of hydrogen-bond acceptors (Lipinski definition) is 4. The molecule has 0 aliphatic carbocycles. The van der Waals surface area contributed by atoms with Gasteiger partial charge in [-0.1, -0.05) is 28.1 Å². The topological polar surface area (TPSA) is 69.9 Å². The highest BCUT2D eigenvalue weighted by molar-refractivity contribution is 9.09. The van der Waals surface area contributed by atoms with Crippen LogP contribution in [0.15, 0.2) is 24.3 Å². The zero-order valence-electron chi connectivity index (χ0n) is 8.27. The second-order valence-electron chi connectivity index (χ2n) is 2.57. The van der Waals surface area contributed by atoms with Crippen molar-refractivity contribution in [3.8, 4) is 11.5 Å². The molecule has 0 saturated carbocycles. The summed E-state index contributed by atoms with van der Waals surface area (Å²) in [4.78, 5) is 0. The third-order valence-electron chi connectivity index (χ3n) is 1.40. The van der Waals surface area contributed by atoms with E-state index in [-0.39, 0.29) is 19.2 Å². The van der Waals surface area contributed by atoms with E-state index >= 15 is 0 Å². The smallest absolute Gasteiger partial charge is 0.435 e. The highest BCUT2D eigenvalue weighted by Gasteiger charge is 1.90. The molecule has 0 aromatic heterocycles. The SMILES string of the molecule is OBOCCCBr.Oc1ccccc1O. The fourth-order valence-corrected chi connectivity index (χ4v) is 0.914. The van der Waals surface area contributed by atoms with E-state index in [2.05, 4.69) is 20.6 Å². The average Bonchev–Trinajstić information content (AvgIpc) is 2.24. The number of alkyl halides is 1. The van der Waals surface area contributed by atoms with Crippen LogP contribution in [0, 0.1) is 0 Å². The molecule has 0 amide bonds. The Labute approximate surface area is 98.0 Å². The normalized spacial score (nSPS) is 8.93. The van der Waals surface area contributed by atoms with Crippen molar-refractivity contribution in [2.45, 2.75) is 6.42 Å². The van der Waals surface area contributed by atoms with Crippen molar-refractivity contribution in [1.29, 1.82) is 0 Å². The number of aromatic hydroxyl groups is 2. The van der Waals surface area contributed by atoms with E-state index in [1.54, 1.807) is 12.1 Å². The summed E-state index contributed by atoms with van der Waals surface area (Å²) in [6.45, 7) is 0.641. The molecule has 0 unspecified atom stereocenters. The molecule has 1 aromatic rings. The summed E-state index contributed by atoms with van der Waals surface area (Å²) in [5, 5.41) is 26.3. The van der Waals surface area contributed by atoms with Gasteiger partial charge in [-0.3, -0.25) is 0 Å². The quantitative estimate of drug-likeness (QED) is 0.334. The molecule has 84 valence electrons. The number of para-hydroxylation sites is 2. The van der Waals surface area contributed by atoms with Crippen LogP contribution >= 0.6 is 15.9 Å². The van der Waals surface area contributed by atoms with Gasteiger partial charge in [-0.25, -0.2) is 0 Å². The van der Waals surface area contributed by atoms with Gasteiger partial charge in [0.15, 0.2) is 11.5 Å². The number of phenolic OH excluding ortho intramolecular Hbond substituents is 2. The molecule has 3 N–H and O–H groups in total. The Morgan fingerprint density at radius 1 is 1.20 bits per heavy atom. The lowest BCUT2D eigenvalue weighted by molar-refractivity contribution is 0.286. The number of phenols is 2. The fraction of sp³-hybridized carbons (Fsp3) is 0.333. The Bertz CT molecular complexity index is 235. The maximum Gasteiger partial charge on any atom is 0.435 e. The molecule has 1 rings (SSSR count). The monoisotopic (exact) mass is 276 g/mol. The summed E-state index contributed by atoms with van der Waals surface area (Å²) in [7, 11) is -0.160. The molecule has 6 heteroatoms. The number of rotatable bonds is 4. The van der Waals surface area contributed by atoms with E-state index in [1.807, 2.05) is 0 Å². The molecule has 0 bridgehead atoms. The van der Waals surface area contributed by atoms with Crippen LogP contribution in [0.5, 0.6) is 11.5 Å². The first kappa shape index (κ1) is 14.3. The molecule has 0 aliphatic heterocycles. The van der Waals surface area contributed by atoms with Crippen molar-refractivity contribution in [3.63, 3.8) is 0 Å². The van der Waals surface area contributed by atoms with Gasteiger partial charge in [0.2, 0.25) is 0 Å². The van der Waals surface area contributed by atoms with Crippen molar-refractivity contribution >= 4 is 23.6 Å². The Morgan fingerprint density at radius 3 is 2.07 bits per heavy atom. The molecule has 1 aromatic carbocycles. The van der Waals surface area contributed by atoms with Crippen LogP contribution in [0.25, 0.3) is 0 Å². The fourth-order valence-electron chi connectivity index (χ4n) is 0.685. The van der Waals surface area contributed by atoms with Gasteiger partial charge in [0.1, 0.15) is 0 Å². The molecule has 0 atom stereocenters. The second-order valence-corrected chi connectivity index (χ2v) is 3.36. The lowest BCUT2D eigenvalue weighted by Crippen LogP contribution is -1.98. The third kappa shape index (κ3) is 8.29. The molecule has 0 saturated heterocycles. The van der Waals surface area contributed by atoms with Gasteiger partial charge in [0.05, 0.1) is 0 Å². The zero-order valence-corrected chi connectivity index (χ0v) is 9.85. The lowest BCUT2D eigenvalue weighted by atomic mass is 10.3. The highest BCUT2D eigenvalue weighted by Crippen LogP contribution is 2.21. The van der Waals surface area contributed by atoms with Gasteiger partial charge in [-0.2, -0.15) is 0 Å². The molecule has 0 radical (unpaired) electrons. The minimum Gasteiger partial charge on any atom is -0.504 e. The minimum atomic E-state index is -0.160. The summed E-state index contributed by atoms with van der Waals surface area (Å²) in [6, 6.07) is 6.15. The van der Waals surface area contributed by atoms with Gasteiger partial charge >= 0.3 is 7.69 Å². The maximum atomic E-state index is 8.67. The maximum absolute atomic E-state index is 8.67. The Hall–Kier alpha value is -0.715. The summed E-state index contributed by atoms with van der Waals surface area (Å²) in [5.41, 5.74) is 0. The number of hydrogen-bond donors (Lipinski definition) is 3. The van der Waals surface area contributed by atoms with Gasteiger partial charge in [0, 0.05) is 11.9 Å². The number of benzene rings is 1. The molecule has 0 spiro atoms. The molecule has 15 heavy (non-hydrogen) atoms. The van der Waals surface area contributed by atoms with Crippen LogP contribution in [0.1, 0.15) is 6.42 Å². The lowest BCUT2D eigenvalue weighted by Gasteiger charge is -1.92. The van der Waals surface area contributed by atoms with E-state index in [9.17, 15) is 0 Å². The van der Waals surface area contributed by atoms with E-state index in [4.69, 9.17) is 15.2 Å². The molecule has 4 nitrogen and oxygen atoms in total. The van der Waals surface area contributed by atoms with Crippen LogP contribution in [-0.2, 0) is 4.65 Å². The van der Waals surface area contributed by atoms with Crippen LogP contribution < -0.4 is 0 Å². The number of halogens is 1. The summed E-state index contributed by atoms with van der Waals surface area (Å²) in [5.74, 6) is -0.153. The molecule has 0 aliphatic rings. The van der Waals surface area contributed by atoms with Crippen LogP contribution in [0.4, 0.5) is 0 Å². The Balaban J connectivity index is 0.000000265. The van der Waals surface area contributed by atoms with Crippen molar-refractivity contribution in [2.24, 2.45) is 0 Å². The van der Waals surface area contributed by atoms with Crippen molar-refractivity contribution < 1.29 is 19.9 Å². The third-order valence-corrected chi connectivity index (χ3v) is 1.96. The van der Waals surface area contributed by atoms with E-state index in [0.29, 0.717) is 6.61 Å². The predicted molar refractivity (Wildman–Crippen MR) is 63.5 cm³/mol. The first-order chi connectivity index (χ1) is 7.22. The summed E-state index contributed by atoms with van der Waals surface area (Å²) >= 11 is 3.22. The van der Waals surface area contributed by atoms with Crippen molar-refractivity contribution in [2.75, 3.05) is 11.9 Å². The summed E-state index contributed by atoms with van der Waals surface area (Å²) in [6.07, 6.45) is 0.959. The first-order valence-electron chi connectivity index (χ1n) is 4.44. The van der Waals surface area contributed by atoms with Crippen LogP contribution in [0.2, 0.25) is 0 Å². The van der Waals surface area contributed by atoms with Crippen LogP contribution in [-0.4, -0.2) is 34.9 Å². The molecule has 0 fully saturated rings.